The number of carbonyl (C=O) groups is 1. The third-order valence-electron chi connectivity index (χ3n) is 4.23. The Morgan fingerprint density at radius 2 is 2.07 bits per heavy atom. The summed E-state index contributed by atoms with van der Waals surface area (Å²) in [6.07, 6.45) is 3.22. The quantitative estimate of drug-likeness (QED) is 0.773. The van der Waals surface area contributed by atoms with Crippen molar-refractivity contribution in [3.05, 3.63) is 41.7 Å². The maximum atomic E-state index is 13.0. The van der Waals surface area contributed by atoms with Gasteiger partial charge in [0.25, 0.3) is 0 Å². The first-order valence-electron chi connectivity index (χ1n) is 8.59. The van der Waals surface area contributed by atoms with Gasteiger partial charge < -0.3 is 9.64 Å². The monoisotopic (exact) mass is 411 g/mol. The molecule has 1 aliphatic heterocycles. The summed E-state index contributed by atoms with van der Waals surface area (Å²) in [5.74, 6) is 0. The Labute approximate surface area is 163 Å². The Kier molecular flexibility index (Phi) is 5.22. The van der Waals surface area contributed by atoms with E-state index in [2.05, 4.69) is 5.10 Å². The van der Waals surface area contributed by atoms with Crippen molar-refractivity contribution in [1.82, 2.24) is 14.7 Å². The number of sulfone groups is 1. The first-order valence-corrected chi connectivity index (χ1v) is 10.5. The summed E-state index contributed by atoms with van der Waals surface area (Å²) < 4.78 is 33.0. The highest BCUT2D eigenvalue weighted by atomic mass is 35.5. The van der Waals surface area contributed by atoms with E-state index in [0.29, 0.717) is 18.7 Å². The van der Waals surface area contributed by atoms with E-state index in [0.717, 1.165) is 0 Å². The SMILES string of the molecule is CC(C)(C)OC(=O)N1CC[C@H](S(=O)(=O)c2ccc(-n3cccn3)cc2Cl)C1. The fourth-order valence-electron chi connectivity index (χ4n) is 2.94. The fourth-order valence-corrected chi connectivity index (χ4v) is 5.17. The highest BCUT2D eigenvalue weighted by molar-refractivity contribution is 7.92. The molecule has 0 aliphatic carbocycles. The molecule has 1 aromatic heterocycles. The van der Waals surface area contributed by atoms with Crippen LogP contribution in [0.2, 0.25) is 5.02 Å². The standard InChI is InChI=1S/C18H22ClN3O4S/c1-18(2,3)26-17(23)21-10-7-14(12-21)27(24,25)16-6-5-13(11-15(16)19)22-9-4-8-20-22/h4-6,8-9,11,14H,7,10,12H2,1-3H3/t14-/m0/s1. The highest BCUT2D eigenvalue weighted by Crippen LogP contribution is 2.31. The van der Waals surface area contributed by atoms with Crippen molar-refractivity contribution < 1.29 is 17.9 Å². The van der Waals surface area contributed by atoms with Gasteiger partial charge in [0.1, 0.15) is 5.60 Å². The molecule has 1 aromatic carbocycles. The zero-order valence-electron chi connectivity index (χ0n) is 15.4. The molecule has 146 valence electrons. The number of halogens is 1. The minimum Gasteiger partial charge on any atom is -0.444 e. The Balaban J connectivity index is 1.78. The van der Waals surface area contributed by atoms with Gasteiger partial charge in [0.2, 0.25) is 0 Å². The highest BCUT2D eigenvalue weighted by Gasteiger charge is 2.38. The summed E-state index contributed by atoms with van der Waals surface area (Å²) in [6.45, 7) is 5.75. The summed E-state index contributed by atoms with van der Waals surface area (Å²) in [5.41, 5.74) is 0.0467. The van der Waals surface area contributed by atoms with E-state index in [-0.39, 0.29) is 16.5 Å². The lowest BCUT2D eigenvalue weighted by atomic mass is 10.2. The van der Waals surface area contributed by atoms with Gasteiger partial charge in [-0.25, -0.2) is 17.9 Å². The third-order valence-corrected chi connectivity index (χ3v) is 6.88. The van der Waals surface area contributed by atoms with Crippen LogP contribution in [0, 0.1) is 0 Å². The second-order valence-electron chi connectivity index (χ2n) is 7.45. The third kappa shape index (κ3) is 4.27. The number of benzene rings is 1. The predicted octanol–water partition coefficient (Wildman–Crippen LogP) is 3.31. The van der Waals surface area contributed by atoms with Gasteiger partial charge in [-0.1, -0.05) is 11.6 Å². The number of ether oxygens (including phenoxy) is 1. The Morgan fingerprint density at radius 1 is 1.33 bits per heavy atom. The van der Waals surface area contributed by atoms with Crippen molar-refractivity contribution in [1.29, 1.82) is 0 Å². The number of hydrogen-bond acceptors (Lipinski definition) is 5. The lowest BCUT2D eigenvalue weighted by molar-refractivity contribution is 0.0295. The van der Waals surface area contributed by atoms with Gasteiger partial charge in [-0.3, -0.25) is 0 Å². The molecule has 9 heteroatoms. The average Bonchev–Trinajstić information content (AvgIpc) is 3.25. The van der Waals surface area contributed by atoms with Gasteiger partial charge >= 0.3 is 6.09 Å². The normalized spacial score (nSPS) is 17.9. The average molecular weight is 412 g/mol. The number of hydrogen-bond donors (Lipinski definition) is 0. The van der Waals surface area contributed by atoms with Crippen molar-refractivity contribution in [3.63, 3.8) is 0 Å². The largest absolute Gasteiger partial charge is 0.444 e. The number of aromatic nitrogens is 2. The molecule has 2 aromatic rings. The van der Waals surface area contributed by atoms with Crippen LogP contribution in [0.25, 0.3) is 5.69 Å². The fraction of sp³-hybridized carbons (Fsp3) is 0.444. The Hall–Kier alpha value is -2.06. The van der Waals surface area contributed by atoms with Crippen molar-refractivity contribution in [2.24, 2.45) is 0 Å². The van der Waals surface area contributed by atoms with E-state index >= 15 is 0 Å². The number of rotatable bonds is 3. The van der Waals surface area contributed by atoms with Gasteiger partial charge in [-0.05, 0) is 51.5 Å². The minimum atomic E-state index is -3.68. The molecule has 3 rings (SSSR count). The molecule has 0 bridgehead atoms. The topological polar surface area (TPSA) is 81.5 Å². The van der Waals surface area contributed by atoms with Crippen LogP contribution in [-0.4, -0.2) is 53.1 Å². The summed E-state index contributed by atoms with van der Waals surface area (Å²) in [7, 11) is -3.68. The van der Waals surface area contributed by atoms with Crippen LogP contribution in [0.5, 0.6) is 0 Å². The van der Waals surface area contributed by atoms with Gasteiger partial charge in [-0.15, -0.1) is 0 Å². The second kappa shape index (κ2) is 7.16. The van der Waals surface area contributed by atoms with Crippen LogP contribution in [-0.2, 0) is 14.6 Å². The minimum absolute atomic E-state index is 0.0658. The molecule has 1 atom stereocenters. The van der Waals surface area contributed by atoms with Crippen LogP contribution in [0.15, 0.2) is 41.6 Å². The van der Waals surface area contributed by atoms with Gasteiger partial charge in [-0.2, -0.15) is 5.10 Å². The van der Waals surface area contributed by atoms with E-state index in [1.165, 1.54) is 11.0 Å². The van der Waals surface area contributed by atoms with Crippen LogP contribution in [0.1, 0.15) is 27.2 Å². The van der Waals surface area contributed by atoms with Gasteiger partial charge in [0.05, 0.1) is 20.9 Å². The van der Waals surface area contributed by atoms with E-state index < -0.39 is 26.8 Å². The zero-order valence-corrected chi connectivity index (χ0v) is 17.0. The van der Waals surface area contributed by atoms with E-state index in [9.17, 15) is 13.2 Å². The summed E-state index contributed by atoms with van der Waals surface area (Å²) >= 11 is 6.27. The molecule has 1 saturated heterocycles. The Bertz CT molecular complexity index is 936. The van der Waals surface area contributed by atoms with Crippen LogP contribution < -0.4 is 0 Å². The molecule has 1 aliphatic rings. The molecule has 7 nitrogen and oxygen atoms in total. The smallest absolute Gasteiger partial charge is 0.410 e. The van der Waals surface area contributed by atoms with Crippen molar-refractivity contribution >= 4 is 27.5 Å². The molecular formula is C18H22ClN3O4S. The molecule has 0 N–H and O–H groups in total. The van der Waals surface area contributed by atoms with E-state index in [4.69, 9.17) is 16.3 Å². The number of nitrogens with zero attached hydrogens (tertiary/aromatic N) is 3. The number of likely N-dealkylation sites (tertiary alicyclic amines) is 1. The van der Waals surface area contributed by atoms with Crippen molar-refractivity contribution in [3.8, 4) is 5.69 Å². The van der Waals surface area contributed by atoms with Crippen LogP contribution >= 0.6 is 11.6 Å². The van der Waals surface area contributed by atoms with E-state index in [1.54, 1.807) is 56.0 Å². The van der Waals surface area contributed by atoms with Gasteiger partial charge in [0.15, 0.2) is 9.84 Å². The molecule has 0 unspecified atom stereocenters. The summed E-state index contributed by atoms with van der Waals surface area (Å²) in [6, 6.07) is 6.49. The molecule has 2 heterocycles. The first kappa shape index (κ1) is 19.7. The van der Waals surface area contributed by atoms with Crippen molar-refractivity contribution in [2.75, 3.05) is 13.1 Å². The van der Waals surface area contributed by atoms with Crippen LogP contribution in [0.3, 0.4) is 0 Å². The molecule has 0 saturated carbocycles. The molecule has 0 radical (unpaired) electrons. The predicted molar refractivity (Wildman–Crippen MR) is 102 cm³/mol. The molecule has 1 amide bonds. The summed E-state index contributed by atoms with van der Waals surface area (Å²) in [4.78, 5) is 13.7. The van der Waals surface area contributed by atoms with Gasteiger partial charge in [0, 0.05) is 25.5 Å². The number of carbonyl (C=O) groups excluding carboxylic acids is 1. The molecule has 1 fully saturated rings. The van der Waals surface area contributed by atoms with Crippen LogP contribution in [0.4, 0.5) is 4.79 Å². The van der Waals surface area contributed by atoms with Crippen molar-refractivity contribution in [2.45, 2.75) is 42.9 Å². The molecule has 27 heavy (non-hydrogen) atoms. The lowest BCUT2D eigenvalue weighted by Crippen LogP contribution is -2.36. The second-order valence-corrected chi connectivity index (χ2v) is 10.1. The molecular weight excluding hydrogens is 390 g/mol. The summed E-state index contributed by atoms with van der Waals surface area (Å²) in [5, 5.41) is 3.53. The maximum Gasteiger partial charge on any atom is 0.410 e. The Morgan fingerprint density at radius 3 is 2.67 bits per heavy atom. The molecule has 0 spiro atoms. The lowest BCUT2D eigenvalue weighted by Gasteiger charge is -2.24. The number of amides is 1. The first-order chi connectivity index (χ1) is 12.6. The maximum absolute atomic E-state index is 13.0. The van der Waals surface area contributed by atoms with E-state index in [1.807, 2.05) is 0 Å². The zero-order chi connectivity index (χ0) is 19.8.